The summed E-state index contributed by atoms with van der Waals surface area (Å²) in [6, 6.07) is 12.3. The molecule has 0 fully saturated rings. The van der Waals surface area contributed by atoms with Gasteiger partial charge in [-0.05, 0) is 44.0 Å². The summed E-state index contributed by atoms with van der Waals surface area (Å²) in [6.07, 6.45) is 0.941. The van der Waals surface area contributed by atoms with Gasteiger partial charge >= 0.3 is 0 Å². The Morgan fingerprint density at radius 3 is 2.87 bits per heavy atom. The van der Waals surface area contributed by atoms with E-state index >= 15 is 0 Å². The van der Waals surface area contributed by atoms with Crippen LogP contribution in [-0.4, -0.2) is 31.3 Å². The Bertz CT molecular complexity index is 981. The number of nitrogens with zero attached hydrogens (tertiary/aromatic N) is 4. The number of hydrogen-bond donors (Lipinski definition) is 2. The summed E-state index contributed by atoms with van der Waals surface area (Å²) in [6.45, 7) is 4.84. The molecule has 0 amide bonds. The SMILES string of the molecule is Cc1[nH]c2ccccc2c1CCNc1ccc2nnc(C)n2n1. The summed E-state index contributed by atoms with van der Waals surface area (Å²) < 4.78 is 1.75. The van der Waals surface area contributed by atoms with Crippen molar-refractivity contribution in [2.75, 3.05) is 11.9 Å². The zero-order valence-corrected chi connectivity index (χ0v) is 13.2. The molecule has 0 aliphatic heterocycles. The molecule has 2 N–H and O–H groups in total. The van der Waals surface area contributed by atoms with Crippen LogP contribution in [0.15, 0.2) is 36.4 Å². The van der Waals surface area contributed by atoms with Crippen LogP contribution in [0.25, 0.3) is 16.6 Å². The summed E-state index contributed by atoms with van der Waals surface area (Å²) in [5.41, 5.74) is 4.54. The van der Waals surface area contributed by atoms with Crippen LogP contribution < -0.4 is 5.32 Å². The highest BCUT2D eigenvalue weighted by Gasteiger charge is 2.08. The van der Waals surface area contributed by atoms with E-state index in [4.69, 9.17) is 0 Å². The third-order valence-electron chi connectivity index (χ3n) is 4.13. The highest BCUT2D eigenvalue weighted by atomic mass is 15.4. The molecule has 0 spiro atoms. The molecule has 0 saturated carbocycles. The topological polar surface area (TPSA) is 70.9 Å². The van der Waals surface area contributed by atoms with E-state index in [2.05, 4.69) is 56.8 Å². The van der Waals surface area contributed by atoms with Crippen LogP contribution in [0.3, 0.4) is 0 Å². The van der Waals surface area contributed by atoms with Crippen LogP contribution in [-0.2, 0) is 6.42 Å². The van der Waals surface area contributed by atoms with Gasteiger partial charge in [-0.1, -0.05) is 18.2 Å². The van der Waals surface area contributed by atoms with Gasteiger partial charge in [0.2, 0.25) is 0 Å². The van der Waals surface area contributed by atoms with Gasteiger partial charge in [-0.3, -0.25) is 0 Å². The summed E-state index contributed by atoms with van der Waals surface area (Å²) in [4.78, 5) is 3.44. The van der Waals surface area contributed by atoms with Crippen LogP contribution in [0.1, 0.15) is 17.1 Å². The molecule has 0 atom stereocenters. The molecule has 6 nitrogen and oxygen atoms in total. The summed E-state index contributed by atoms with van der Waals surface area (Å²) >= 11 is 0. The third kappa shape index (κ3) is 2.42. The van der Waals surface area contributed by atoms with Crippen molar-refractivity contribution in [2.45, 2.75) is 20.3 Å². The van der Waals surface area contributed by atoms with Crippen molar-refractivity contribution in [3.8, 4) is 0 Å². The number of anilines is 1. The molecule has 4 aromatic rings. The Morgan fingerprint density at radius 2 is 1.96 bits per heavy atom. The fraction of sp³-hybridized carbons (Fsp3) is 0.235. The zero-order valence-electron chi connectivity index (χ0n) is 13.2. The van der Waals surface area contributed by atoms with E-state index < -0.39 is 0 Å². The minimum Gasteiger partial charge on any atom is -0.368 e. The van der Waals surface area contributed by atoms with Crippen molar-refractivity contribution in [3.63, 3.8) is 0 Å². The van der Waals surface area contributed by atoms with Crippen molar-refractivity contribution in [1.29, 1.82) is 0 Å². The Labute approximate surface area is 133 Å². The Morgan fingerprint density at radius 1 is 1.09 bits per heavy atom. The van der Waals surface area contributed by atoms with E-state index in [1.165, 1.54) is 22.2 Å². The lowest BCUT2D eigenvalue weighted by molar-refractivity contribution is 0.867. The lowest BCUT2D eigenvalue weighted by Gasteiger charge is -2.06. The third-order valence-corrected chi connectivity index (χ3v) is 4.13. The lowest BCUT2D eigenvalue weighted by atomic mass is 10.1. The normalized spacial score (nSPS) is 11.4. The monoisotopic (exact) mass is 306 g/mol. The molecule has 3 aromatic heterocycles. The predicted molar refractivity (Wildman–Crippen MR) is 90.7 cm³/mol. The van der Waals surface area contributed by atoms with Gasteiger partial charge in [-0.25, -0.2) is 0 Å². The van der Waals surface area contributed by atoms with E-state index in [1.807, 2.05) is 19.1 Å². The molecule has 23 heavy (non-hydrogen) atoms. The van der Waals surface area contributed by atoms with Crippen LogP contribution in [0.2, 0.25) is 0 Å². The molecule has 0 saturated heterocycles. The van der Waals surface area contributed by atoms with Gasteiger partial charge in [0.1, 0.15) is 5.82 Å². The Hall–Kier alpha value is -2.89. The lowest BCUT2D eigenvalue weighted by Crippen LogP contribution is -2.08. The number of hydrogen-bond acceptors (Lipinski definition) is 4. The molecular formula is C17H18N6. The van der Waals surface area contributed by atoms with Gasteiger partial charge in [0.25, 0.3) is 0 Å². The second-order valence-electron chi connectivity index (χ2n) is 5.69. The van der Waals surface area contributed by atoms with Crippen LogP contribution in [0.4, 0.5) is 5.82 Å². The van der Waals surface area contributed by atoms with E-state index in [9.17, 15) is 0 Å². The standard InChI is InChI=1S/C17H18N6/c1-11-13(14-5-3-4-6-15(14)19-11)9-10-18-16-7-8-17-21-20-12(2)23(17)22-16/h3-8,19H,9-10H2,1-2H3,(H,18,22). The molecule has 0 aliphatic carbocycles. The van der Waals surface area contributed by atoms with E-state index in [0.29, 0.717) is 0 Å². The maximum absolute atomic E-state index is 4.51. The molecular weight excluding hydrogens is 288 g/mol. The molecule has 116 valence electrons. The number of rotatable bonds is 4. The van der Waals surface area contributed by atoms with Gasteiger partial charge in [-0.15, -0.1) is 15.3 Å². The maximum atomic E-state index is 4.51. The van der Waals surface area contributed by atoms with Crippen LogP contribution >= 0.6 is 0 Å². The van der Waals surface area contributed by atoms with Gasteiger partial charge in [0.15, 0.2) is 11.5 Å². The van der Waals surface area contributed by atoms with Gasteiger partial charge in [0, 0.05) is 23.1 Å². The number of aryl methyl sites for hydroxylation is 2. The highest BCUT2D eigenvalue weighted by molar-refractivity contribution is 5.84. The average Bonchev–Trinajstić information content (AvgIpc) is 3.08. The number of aromatic nitrogens is 5. The number of H-pyrrole nitrogens is 1. The van der Waals surface area contributed by atoms with Crippen molar-refractivity contribution in [1.82, 2.24) is 24.8 Å². The van der Waals surface area contributed by atoms with Crippen molar-refractivity contribution in [3.05, 3.63) is 53.5 Å². The Balaban J connectivity index is 1.52. The average molecular weight is 306 g/mol. The zero-order chi connectivity index (χ0) is 15.8. The molecule has 3 heterocycles. The number of para-hydroxylation sites is 1. The number of benzene rings is 1. The summed E-state index contributed by atoms with van der Waals surface area (Å²) in [5, 5.41) is 17.3. The minimum atomic E-state index is 0.764. The quantitative estimate of drug-likeness (QED) is 0.608. The molecule has 0 bridgehead atoms. The predicted octanol–water partition coefficient (Wildman–Crippen LogP) is 2.88. The van der Waals surface area contributed by atoms with Crippen molar-refractivity contribution >= 4 is 22.4 Å². The molecule has 0 radical (unpaired) electrons. The summed E-state index contributed by atoms with van der Waals surface area (Å²) in [7, 11) is 0. The van der Waals surface area contributed by atoms with E-state index in [1.54, 1.807) is 4.52 Å². The Kier molecular flexibility index (Phi) is 3.22. The fourth-order valence-corrected chi connectivity index (χ4v) is 2.96. The second kappa shape index (κ2) is 5.39. The molecule has 0 aliphatic rings. The first-order chi connectivity index (χ1) is 11.2. The fourth-order valence-electron chi connectivity index (χ4n) is 2.96. The van der Waals surface area contributed by atoms with Crippen molar-refractivity contribution in [2.24, 2.45) is 0 Å². The first-order valence-electron chi connectivity index (χ1n) is 7.71. The maximum Gasteiger partial charge on any atom is 0.178 e. The second-order valence-corrected chi connectivity index (χ2v) is 5.69. The van der Waals surface area contributed by atoms with E-state index in [0.717, 1.165) is 30.3 Å². The molecule has 0 unspecified atom stereocenters. The highest BCUT2D eigenvalue weighted by Crippen LogP contribution is 2.22. The number of aromatic amines is 1. The molecule has 6 heteroatoms. The summed E-state index contributed by atoms with van der Waals surface area (Å²) in [5.74, 6) is 1.62. The van der Waals surface area contributed by atoms with E-state index in [-0.39, 0.29) is 0 Å². The largest absolute Gasteiger partial charge is 0.368 e. The smallest absolute Gasteiger partial charge is 0.178 e. The first kappa shape index (κ1) is 13.8. The molecule has 1 aromatic carbocycles. The number of fused-ring (bicyclic) bond motifs is 2. The van der Waals surface area contributed by atoms with Crippen LogP contribution in [0.5, 0.6) is 0 Å². The minimum absolute atomic E-state index is 0.764. The van der Waals surface area contributed by atoms with Crippen molar-refractivity contribution < 1.29 is 0 Å². The number of nitrogens with one attached hydrogen (secondary N) is 2. The van der Waals surface area contributed by atoms with Gasteiger partial charge < -0.3 is 10.3 Å². The molecule has 4 rings (SSSR count). The first-order valence-corrected chi connectivity index (χ1v) is 7.71. The van der Waals surface area contributed by atoms with Gasteiger partial charge in [0.05, 0.1) is 0 Å². The van der Waals surface area contributed by atoms with Crippen LogP contribution in [0, 0.1) is 13.8 Å². The van der Waals surface area contributed by atoms with Gasteiger partial charge in [-0.2, -0.15) is 4.52 Å².